The quantitative estimate of drug-likeness (QED) is 0.330. The Morgan fingerprint density at radius 3 is 1.97 bits per heavy atom. The van der Waals surface area contributed by atoms with Crippen molar-refractivity contribution >= 4 is 21.4 Å². The summed E-state index contributed by atoms with van der Waals surface area (Å²) in [6.45, 7) is 0. The van der Waals surface area contributed by atoms with Crippen LogP contribution >= 0.6 is 11.6 Å². The fraction of sp³-hybridized carbons (Fsp3) is 0.0870. The van der Waals surface area contributed by atoms with Gasteiger partial charge in [0.25, 0.3) is 0 Å². The standard InChI is InChI=1S/C23H16ClF3N2O2S/c1-32(30,31)19-13-9-16(10-14-19)21-20(15-7-11-17(25)12-8-15)22(23(24,26)27)28-29(21)18-5-3-2-4-6-18/h2-14H,1H3. The molecule has 164 valence electrons. The highest BCUT2D eigenvalue weighted by Crippen LogP contribution is 2.44. The number of benzene rings is 3. The van der Waals surface area contributed by atoms with E-state index in [2.05, 4.69) is 5.10 Å². The third kappa shape index (κ3) is 4.28. The van der Waals surface area contributed by atoms with E-state index in [1.807, 2.05) is 0 Å². The maximum absolute atomic E-state index is 14.5. The molecule has 0 saturated heterocycles. The first-order valence-electron chi connectivity index (χ1n) is 9.38. The molecule has 0 fully saturated rings. The smallest absolute Gasteiger partial charge is 0.232 e. The SMILES string of the molecule is CS(=O)(=O)c1ccc(-c2c(-c3ccc(F)cc3)c(C(F)(F)Cl)nn2-c2ccccc2)cc1. The predicted molar refractivity (Wildman–Crippen MR) is 117 cm³/mol. The van der Waals surface area contributed by atoms with Crippen molar-refractivity contribution in [1.82, 2.24) is 9.78 Å². The molecular formula is C23H16ClF3N2O2S. The normalized spacial score (nSPS) is 12.2. The zero-order valence-corrected chi connectivity index (χ0v) is 18.2. The van der Waals surface area contributed by atoms with Gasteiger partial charge in [0.1, 0.15) is 5.82 Å². The van der Waals surface area contributed by atoms with Gasteiger partial charge in [-0.3, -0.25) is 0 Å². The van der Waals surface area contributed by atoms with Crippen molar-refractivity contribution < 1.29 is 21.6 Å². The van der Waals surface area contributed by atoms with E-state index in [1.54, 1.807) is 30.3 Å². The third-order valence-electron chi connectivity index (χ3n) is 4.84. The lowest BCUT2D eigenvalue weighted by molar-refractivity contribution is 0.0901. The molecule has 0 bridgehead atoms. The summed E-state index contributed by atoms with van der Waals surface area (Å²) >= 11 is 5.43. The average Bonchev–Trinajstić information content (AvgIpc) is 3.15. The maximum atomic E-state index is 14.5. The summed E-state index contributed by atoms with van der Waals surface area (Å²) in [4.78, 5) is 0.0817. The second-order valence-corrected chi connectivity index (χ2v) is 9.61. The molecule has 0 radical (unpaired) electrons. The summed E-state index contributed by atoms with van der Waals surface area (Å²) in [5.41, 5.74) is 0.785. The van der Waals surface area contributed by atoms with Gasteiger partial charge in [-0.05, 0) is 53.6 Å². The second-order valence-electron chi connectivity index (χ2n) is 7.12. The van der Waals surface area contributed by atoms with Crippen LogP contribution in [0.2, 0.25) is 0 Å². The zero-order chi connectivity index (χ0) is 23.1. The zero-order valence-electron chi connectivity index (χ0n) is 16.6. The minimum absolute atomic E-state index is 0.0148. The minimum atomic E-state index is -3.81. The van der Waals surface area contributed by atoms with Gasteiger partial charge in [-0.25, -0.2) is 17.5 Å². The van der Waals surface area contributed by atoms with Gasteiger partial charge in [0.05, 0.1) is 16.3 Å². The molecule has 4 rings (SSSR count). The number of sulfone groups is 1. The van der Waals surface area contributed by atoms with Gasteiger partial charge >= 0.3 is 5.38 Å². The molecule has 0 amide bonds. The molecule has 0 aliphatic heterocycles. The van der Waals surface area contributed by atoms with Crippen molar-refractivity contribution in [3.63, 3.8) is 0 Å². The van der Waals surface area contributed by atoms with Crippen LogP contribution in [0.15, 0.2) is 83.8 Å². The monoisotopic (exact) mass is 476 g/mol. The van der Waals surface area contributed by atoms with E-state index in [-0.39, 0.29) is 21.7 Å². The molecule has 3 aromatic carbocycles. The van der Waals surface area contributed by atoms with Crippen LogP contribution in [0.3, 0.4) is 0 Å². The first-order chi connectivity index (χ1) is 15.1. The number of hydrogen-bond donors (Lipinski definition) is 0. The molecule has 1 aromatic heterocycles. The van der Waals surface area contributed by atoms with Crippen LogP contribution in [-0.2, 0) is 15.2 Å². The van der Waals surface area contributed by atoms with Crippen molar-refractivity contribution in [2.45, 2.75) is 10.3 Å². The van der Waals surface area contributed by atoms with Crippen LogP contribution in [0.25, 0.3) is 28.1 Å². The van der Waals surface area contributed by atoms with Gasteiger partial charge in [-0.15, -0.1) is 0 Å². The number of halogens is 4. The Bertz CT molecular complexity index is 1360. The van der Waals surface area contributed by atoms with Crippen LogP contribution in [0, 0.1) is 5.82 Å². The molecule has 32 heavy (non-hydrogen) atoms. The topological polar surface area (TPSA) is 52.0 Å². The van der Waals surface area contributed by atoms with Gasteiger partial charge < -0.3 is 0 Å². The van der Waals surface area contributed by atoms with Crippen LogP contribution in [-0.4, -0.2) is 24.5 Å². The maximum Gasteiger partial charge on any atom is 0.367 e. The Labute approximate surface area is 187 Å². The Morgan fingerprint density at radius 1 is 0.875 bits per heavy atom. The Hall–Kier alpha value is -3.10. The van der Waals surface area contributed by atoms with E-state index in [9.17, 15) is 21.6 Å². The molecule has 0 unspecified atom stereocenters. The Balaban J connectivity index is 2.07. The fourth-order valence-electron chi connectivity index (χ4n) is 3.39. The highest BCUT2D eigenvalue weighted by Gasteiger charge is 2.38. The number of aromatic nitrogens is 2. The van der Waals surface area contributed by atoms with E-state index in [0.29, 0.717) is 11.3 Å². The molecule has 0 aliphatic rings. The molecule has 9 heteroatoms. The van der Waals surface area contributed by atoms with Crippen molar-refractivity contribution in [3.8, 4) is 28.1 Å². The minimum Gasteiger partial charge on any atom is -0.232 e. The lowest BCUT2D eigenvalue weighted by Crippen LogP contribution is -2.07. The molecule has 0 saturated carbocycles. The number of alkyl halides is 3. The van der Waals surface area contributed by atoms with Crippen LogP contribution < -0.4 is 0 Å². The lowest BCUT2D eigenvalue weighted by atomic mass is 9.98. The molecular weight excluding hydrogens is 461 g/mol. The first-order valence-corrected chi connectivity index (χ1v) is 11.6. The van der Waals surface area contributed by atoms with Crippen molar-refractivity contribution in [3.05, 3.63) is 90.4 Å². The van der Waals surface area contributed by atoms with Crippen molar-refractivity contribution in [2.24, 2.45) is 0 Å². The number of para-hydroxylation sites is 1. The molecule has 4 nitrogen and oxygen atoms in total. The summed E-state index contributed by atoms with van der Waals surface area (Å²) in [5, 5.41) is 0.306. The summed E-state index contributed by atoms with van der Waals surface area (Å²) < 4.78 is 67.5. The van der Waals surface area contributed by atoms with E-state index in [1.165, 1.54) is 41.1 Å². The van der Waals surface area contributed by atoms with Crippen LogP contribution in [0.1, 0.15) is 5.69 Å². The van der Waals surface area contributed by atoms with Crippen LogP contribution in [0.5, 0.6) is 0 Å². The molecule has 0 spiro atoms. The summed E-state index contributed by atoms with van der Waals surface area (Å²) in [6, 6.07) is 19.4. The summed E-state index contributed by atoms with van der Waals surface area (Å²) in [6.07, 6.45) is 1.08. The van der Waals surface area contributed by atoms with E-state index < -0.39 is 26.7 Å². The molecule has 0 aliphatic carbocycles. The first kappa shape index (κ1) is 22.1. The number of nitrogens with zero attached hydrogens (tertiary/aromatic N) is 2. The lowest BCUT2D eigenvalue weighted by Gasteiger charge is -2.12. The fourth-order valence-corrected chi connectivity index (χ4v) is 4.15. The number of hydrogen-bond acceptors (Lipinski definition) is 3. The molecule has 0 atom stereocenters. The Morgan fingerprint density at radius 2 is 1.44 bits per heavy atom. The molecule has 0 N–H and O–H groups in total. The summed E-state index contributed by atoms with van der Waals surface area (Å²) in [5.74, 6) is -0.526. The molecule has 4 aromatic rings. The Kier molecular flexibility index (Phi) is 5.60. The van der Waals surface area contributed by atoms with Crippen LogP contribution in [0.4, 0.5) is 13.2 Å². The highest BCUT2D eigenvalue weighted by atomic mass is 35.5. The van der Waals surface area contributed by atoms with E-state index in [4.69, 9.17) is 11.6 Å². The average molecular weight is 477 g/mol. The summed E-state index contributed by atoms with van der Waals surface area (Å²) in [7, 11) is -3.45. The van der Waals surface area contributed by atoms with Gasteiger partial charge in [-0.1, -0.05) is 42.5 Å². The van der Waals surface area contributed by atoms with E-state index in [0.717, 1.165) is 18.4 Å². The molecule has 1 heterocycles. The number of rotatable bonds is 5. The van der Waals surface area contributed by atoms with Gasteiger partial charge in [0.15, 0.2) is 15.5 Å². The largest absolute Gasteiger partial charge is 0.367 e. The van der Waals surface area contributed by atoms with Gasteiger partial charge in [0.2, 0.25) is 0 Å². The third-order valence-corrected chi connectivity index (χ3v) is 6.15. The van der Waals surface area contributed by atoms with Gasteiger partial charge in [0, 0.05) is 17.4 Å². The predicted octanol–water partition coefficient (Wildman–Crippen LogP) is 6.04. The van der Waals surface area contributed by atoms with E-state index >= 15 is 0 Å². The van der Waals surface area contributed by atoms with Crippen molar-refractivity contribution in [1.29, 1.82) is 0 Å². The van der Waals surface area contributed by atoms with Crippen molar-refractivity contribution in [2.75, 3.05) is 6.26 Å². The second kappa shape index (κ2) is 8.11. The highest BCUT2D eigenvalue weighted by molar-refractivity contribution is 7.90. The van der Waals surface area contributed by atoms with Gasteiger partial charge in [-0.2, -0.15) is 13.9 Å².